The zero-order chi connectivity index (χ0) is 16.5. The Kier molecular flexibility index (Phi) is 4.47. The summed E-state index contributed by atoms with van der Waals surface area (Å²) in [4.78, 5) is 28.9. The molecule has 0 saturated carbocycles. The van der Waals surface area contributed by atoms with E-state index < -0.39 is 18.5 Å². The molecule has 6 nitrogen and oxygen atoms in total. The van der Waals surface area contributed by atoms with Gasteiger partial charge in [-0.1, -0.05) is 30.3 Å². The maximum Gasteiger partial charge on any atom is 0.255 e. The van der Waals surface area contributed by atoms with Gasteiger partial charge >= 0.3 is 0 Å². The highest BCUT2D eigenvalue weighted by Gasteiger charge is 2.52. The number of morpholine rings is 1. The van der Waals surface area contributed by atoms with Crippen LogP contribution < -0.4 is 0 Å². The number of carbonyl (C=O) groups is 2. The standard InChI is InChI=1S/C17H20N2O4S/c20-16(18-6-8-24-9-7-18)14-15-17(21)19(11-13(22-14)23-15)10-12-4-2-1-3-5-12/h1-5,13-15H,6-11H2/t13-,14-,15-/m1/s1. The van der Waals surface area contributed by atoms with Crippen molar-refractivity contribution in [3.05, 3.63) is 35.9 Å². The lowest BCUT2D eigenvalue weighted by Crippen LogP contribution is -2.52. The first kappa shape index (κ1) is 15.9. The van der Waals surface area contributed by atoms with Gasteiger partial charge in [0.1, 0.15) is 0 Å². The van der Waals surface area contributed by atoms with E-state index in [0.29, 0.717) is 26.2 Å². The van der Waals surface area contributed by atoms with E-state index in [1.54, 1.807) is 9.80 Å². The van der Waals surface area contributed by atoms with Gasteiger partial charge in [0.2, 0.25) is 0 Å². The average molecular weight is 348 g/mol. The first-order valence-corrected chi connectivity index (χ1v) is 9.38. The summed E-state index contributed by atoms with van der Waals surface area (Å²) in [5, 5.41) is 0. The molecule has 3 atom stereocenters. The van der Waals surface area contributed by atoms with Crippen molar-refractivity contribution in [2.24, 2.45) is 0 Å². The number of rotatable bonds is 3. The minimum Gasteiger partial charge on any atom is -0.339 e. The van der Waals surface area contributed by atoms with Crippen LogP contribution in [-0.4, -0.2) is 71.3 Å². The van der Waals surface area contributed by atoms with Crippen molar-refractivity contribution < 1.29 is 19.1 Å². The summed E-state index contributed by atoms with van der Waals surface area (Å²) in [7, 11) is 0. The summed E-state index contributed by atoms with van der Waals surface area (Å²) in [6, 6.07) is 9.82. The summed E-state index contributed by atoms with van der Waals surface area (Å²) in [5.41, 5.74) is 1.06. The molecule has 0 aliphatic carbocycles. The van der Waals surface area contributed by atoms with E-state index in [0.717, 1.165) is 17.1 Å². The molecule has 3 aliphatic rings. The van der Waals surface area contributed by atoms with E-state index in [1.807, 2.05) is 42.1 Å². The fraction of sp³-hybridized carbons (Fsp3) is 0.529. The highest BCUT2D eigenvalue weighted by atomic mass is 32.2. The third kappa shape index (κ3) is 3.03. The molecule has 1 aromatic rings. The molecular weight excluding hydrogens is 328 g/mol. The van der Waals surface area contributed by atoms with Gasteiger partial charge in [0.05, 0.1) is 6.54 Å². The molecule has 7 heteroatoms. The maximum atomic E-state index is 12.7. The van der Waals surface area contributed by atoms with Crippen LogP contribution >= 0.6 is 11.8 Å². The van der Waals surface area contributed by atoms with Crippen molar-refractivity contribution in [1.82, 2.24) is 9.80 Å². The van der Waals surface area contributed by atoms with E-state index in [9.17, 15) is 9.59 Å². The van der Waals surface area contributed by atoms with Crippen LogP contribution in [0.1, 0.15) is 5.56 Å². The van der Waals surface area contributed by atoms with Gasteiger partial charge in [0.25, 0.3) is 11.8 Å². The van der Waals surface area contributed by atoms with Gasteiger partial charge in [0.15, 0.2) is 18.5 Å². The predicted molar refractivity (Wildman–Crippen MR) is 89.3 cm³/mol. The third-order valence-corrected chi connectivity index (χ3v) is 5.52. The Hall–Kier alpha value is -1.57. The van der Waals surface area contributed by atoms with Crippen molar-refractivity contribution in [1.29, 1.82) is 0 Å². The quantitative estimate of drug-likeness (QED) is 0.805. The second kappa shape index (κ2) is 6.74. The van der Waals surface area contributed by atoms with Crippen LogP contribution in [0.3, 0.4) is 0 Å². The molecule has 3 saturated heterocycles. The lowest BCUT2D eigenvalue weighted by molar-refractivity contribution is -0.162. The van der Waals surface area contributed by atoms with Crippen molar-refractivity contribution >= 4 is 23.6 Å². The van der Waals surface area contributed by atoms with Crippen LogP contribution in [0.2, 0.25) is 0 Å². The first-order valence-electron chi connectivity index (χ1n) is 8.22. The zero-order valence-electron chi connectivity index (χ0n) is 13.3. The van der Waals surface area contributed by atoms with Gasteiger partial charge in [-0.25, -0.2) is 0 Å². The Labute approximate surface area is 145 Å². The smallest absolute Gasteiger partial charge is 0.255 e. The highest BCUT2D eigenvalue weighted by Crippen LogP contribution is 2.29. The molecule has 0 N–H and O–H groups in total. The topological polar surface area (TPSA) is 59.1 Å². The summed E-state index contributed by atoms with van der Waals surface area (Å²) >= 11 is 1.84. The average Bonchev–Trinajstić information content (AvgIpc) is 3.00. The van der Waals surface area contributed by atoms with Crippen LogP contribution in [0.4, 0.5) is 0 Å². The summed E-state index contributed by atoms with van der Waals surface area (Å²) in [6.45, 7) is 2.30. The number of nitrogens with zero attached hydrogens (tertiary/aromatic N) is 2. The van der Waals surface area contributed by atoms with Gasteiger partial charge in [-0.05, 0) is 5.56 Å². The highest BCUT2D eigenvalue weighted by molar-refractivity contribution is 7.99. The fourth-order valence-electron chi connectivity index (χ4n) is 3.32. The van der Waals surface area contributed by atoms with Crippen molar-refractivity contribution in [3.63, 3.8) is 0 Å². The van der Waals surface area contributed by atoms with Crippen molar-refractivity contribution in [3.8, 4) is 0 Å². The van der Waals surface area contributed by atoms with E-state index in [2.05, 4.69) is 0 Å². The molecule has 0 aromatic heterocycles. The molecule has 0 radical (unpaired) electrons. The first-order chi connectivity index (χ1) is 11.7. The molecule has 3 aliphatic heterocycles. The predicted octanol–water partition coefficient (Wildman–Crippen LogP) is 0.714. The molecule has 24 heavy (non-hydrogen) atoms. The molecule has 2 bridgehead atoms. The van der Waals surface area contributed by atoms with Gasteiger partial charge in [-0.15, -0.1) is 0 Å². The Morgan fingerprint density at radius 1 is 1.17 bits per heavy atom. The van der Waals surface area contributed by atoms with E-state index >= 15 is 0 Å². The number of fused-ring (bicyclic) bond motifs is 2. The number of hydrogen-bond acceptors (Lipinski definition) is 5. The molecule has 0 spiro atoms. The second-order valence-electron chi connectivity index (χ2n) is 6.18. The summed E-state index contributed by atoms with van der Waals surface area (Å²) in [6.07, 6.45) is -2.12. The van der Waals surface area contributed by atoms with Gasteiger partial charge in [0, 0.05) is 31.1 Å². The number of ether oxygens (including phenoxy) is 2. The van der Waals surface area contributed by atoms with Gasteiger partial charge in [-0.3, -0.25) is 9.59 Å². The fourth-order valence-corrected chi connectivity index (χ4v) is 4.23. The molecule has 128 valence electrons. The number of thioether (sulfide) groups is 1. The Morgan fingerprint density at radius 2 is 1.92 bits per heavy atom. The molecular formula is C17H20N2O4S. The minimum atomic E-state index is -0.811. The SMILES string of the molecule is O=C([C@@H]1O[C@H]2CN(Cc3ccccc3)C(=O)[C@@H]1O2)N1CCSCC1. The Morgan fingerprint density at radius 3 is 2.67 bits per heavy atom. The largest absolute Gasteiger partial charge is 0.339 e. The Bertz CT molecular complexity index is 620. The third-order valence-electron chi connectivity index (χ3n) is 4.58. The molecule has 3 heterocycles. The monoisotopic (exact) mass is 348 g/mol. The second-order valence-corrected chi connectivity index (χ2v) is 7.41. The number of carbonyl (C=O) groups excluding carboxylic acids is 2. The zero-order valence-corrected chi connectivity index (χ0v) is 14.1. The van der Waals surface area contributed by atoms with Gasteiger partial charge in [-0.2, -0.15) is 11.8 Å². The van der Waals surface area contributed by atoms with Crippen LogP contribution in [0.25, 0.3) is 0 Å². The number of amides is 2. The number of hydrogen-bond donors (Lipinski definition) is 0. The van der Waals surface area contributed by atoms with E-state index in [-0.39, 0.29) is 11.8 Å². The Balaban J connectivity index is 1.46. The minimum absolute atomic E-state index is 0.113. The summed E-state index contributed by atoms with van der Waals surface area (Å²) in [5.74, 6) is 1.60. The number of benzene rings is 1. The lowest BCUT2D eigenvalue weighted by Gasteiger charge is -2.31. The summed E-state index contributed by atoms with van der Waals surface area (Å²) < 4.78 is 11.4. The molecule has 0 unspecified atom stereocenters. The van der Waals surface area contributed by atoms with Crippen molar-refractivity contribution in [2.75, 3.05) is 31.1 Å². The molecule has 2 amide bonds. The van der Waals surface area contributed by atoms with E-state index in [4.69, 9.17) is 9.47 Å². The van der Waals surface area contributed by atoms with Crippen LogP contribution in [0.5, 0.6) is 0 Å². The van der Waals surface area contributed by atoms with Crippen molar-refractivity contribution in [2.45, 2.75) is 25.0 Å². The van der Waals surface area contributed by atoms with Crippen LogP contribution in [-0.2, 0) is 25.6 Å². The van der Waals surface area contributed by atoms with E-state index in [1.165, 1.54) is 0 Å². The molecule has 1 aromatic carbocycles. The lowest BCUT2D eigenvalue weighted by atomic mass is 10.1. The van der Waals surface area contributed by atoms with Crippen LogP contribution in [0, 0.1) is 0 Å². The normalized spacial score (nSPS) is 29.8. The maximum absolute atomic E-state index is 12.7. The van der Waals surface area contributed by atoms with Crippen LogP contribution in [0.15, 0.2) is 30.3 Å². The molecule has 4 rings (SSSR count). The van der Waals surface area contributed by atoms with Gasteiger partial charge < -0.3 is 19.3 Å². The molecule has 3 fully saturated rings.